The molecule has 1 atom stereocenters. The fourth-order valence-corrected chi connectivity index (χ4v) is 4.75. The molecule has 11 heteroatoms. The molecule has 4 aromatic rings. The highest BCUT2D eigenvalue weighted by Crippen LogP contribution is 2.39. The lowest BCUT2D eigenvalue weighted by Gasteiger charge is -2.18. The van der Waals surface area contributed by atoms with Gasteiger partial charge in [-0.05, 0) is 42.0 Å². The van der Waals surface area contributed by atoms with E-state index < -0.39 is 11.2 Å². The van der Waals surface area contributed by atoms with E-state index >= 15 is 0 Å². The summed E-state index contributed by atoms with van der Waals surface area (Å²) < 4.78 is 13.2. The fourth-order valence-electron chi connectivity index (χ4n) is 3.93. The predicted octanol–water partition coefficient (Wildman–Crippen LogP) is 2.75. The van der Waals surface area contributed by atoms with Crippen LogP contribution in [-0.4, -0.2) is 26.9 Å². The van der Waals surface area contributed by atoms with Gasteiger partial charge in [-0.25, -0.2) is 14.8 Å². The van der Waals surface area contributed by atoms with Gasteiger partial charge < -0.3 is 14.9 Å². The summed E-state index contributed by atoms with van der Waals surface area (Å²) in [6, 6.07) is 11.2. The molecule has 0 aliphatic carbocycles. The Kier molecular flexibility index (Phi) is 5.33. The van der Waals surface area contributed by atoms with Crippen LogP contribution in [-0.2, 0) is 14.1 Å². The maximum absolute atomic E-state index is 12.8. The fraction of sp³-hybridized carbons (Fsp3) is 0.217. The van der Waals surface area contributed by atoms with Crippen molar-refractivity contribution >= 4 is 28.0 Å². The third-order valence-corrected chi connectivity index (χ3v) is 6.69. The van der Waals surface area contributed by atoms with Crippen LogP contribution in [0, 0.1) is 0 Å². The number of hydrazone groups is 1. The molecule has 0 bridgehead atoms. The quantitative estimate of drug-likeness (QED) is 0.468. The topological polar surface area (TPSA) is 121 Å². The number of rotatable bonds is 5. The van der Waals surface area contributed by atoms with E-state index in [1.807, 2.05) is 36.4 Å². The first-order chi connectivity index (χ1) is 16.4. The summed E-state index contributed by atoms with van der Waals surface area (Å²) in [5, 5.41) is 8.97. The average Bonchev–Trinajstić information content (AvgIpc) is 3.62. The zero-order valence-corrected chi connectivity index (χ0v) is 19.6. The number of hydrogen-bond donors (Lipinski definition) is 1. The lowest BCUT2D eigenvalue weighted by atomic mass is 10.0. The van der Waals surface area contributed by atoms with Crippen LogP contribution in [0.25, 0.3) is 11.3 Å². The van der Waals surface area contributed by atoms with Gasteiger partial charge in [0, 0.05) is 25.9 Å². The van der Waals surface area contributed by atoms with E-state index in [0.717, 1.165) is 27.4 Å². The van der Waals surface area contributed by atoms with Crippen molar-refractivity contribution < 1.29 is 9.15 Å². The van der Waals surface area contributed by atoms with Crippen molar-refractivity contribution in [1.29, 1.82) is 0 Å². The Bertz CT molecular complexity index is 1500. The SMILES string of the molecule is COc1ccc(C2=NN(c3nc(-c4c(N)n(C)c(=O)n(C)c4=O)cs3)[C@H](c3ccco3)C2)cc1. The van der Waals surface area contributed by atoms with E-state index in [4.69, 9.17) is 20.0 Å². The van der Waals surface area contributed by atoms with Crippen LogP contribution >= 0.6 is 11.3 Å². The molecule has 0 spiro atoms. The molecule has 1 aromatic carbocycles. The normalized spacial score (nSPS) is 15.6. The van der Waals surface area contributed by atoms with Crippen LogP contribution in [0.3, 0.4) is 0 Å². The number of furan rings is 1. The summed E-state index contributed by atoms with van der Waals surface area (Å²) in [6.07, 6.45) is 2.24. The van der Waals surface area contributed by atoms with Crippen LogP contribution in [0.2, 0.25) is 0 Å². The molecule has 0 radical (unpaired) electrons. The molecule has 0 unspecified atom stereocenters. The summed E-state index contributed by atoms with van der Waals surface area (Å²) in [7, 11) is 4.56. The maximum atomic E-state index is 12.8. The summed E-state index contributed by atoms with van der Waals surface area (Å²) in [5.41, 5.74) is 7.54. The molecule has 0 fully saturated rings. The number of methoxy groups -OCH3 is 1. The Balaban J connectivity index is 1.57. The molecule has 3 aromatic heterocycles. The van der Waals surface area contributed by atoms with Gasteiger partial charge in [0.15, 0.2) is 0 Å². The molecule has 0 saturated carbocycles. The van der Waals surface area contributed by atoms with E-state index in [2.05, 4.69) is 4.98 Å². The smallest absolute Gasteiger partial charge is 0.332 e. The minimum absolute atomic E-state index is 0.0661. The number of nitrogen functional groups attached to an aromatic ring is 1. The molecule has 1 aliphatic heterocycles. The van der Waals surface area contributed by atoms with Gasteiger partial charge in [0.1, 0.15) is 28.9 Å². The minimum Gasteiger partial charge on any atom is -0.497 e. The Morgan fingerprint density at radius 2 is 1.91 bits per heavy atom. The second kappa shape index (κ2) is 8.34. The summed E-state index contributed by atoms with van der Waals surface area (Å²) in [5.74, 6) is 1.58. The lowest BCUT2D eigenvalue weighted by Crippen LogP contribution is -2.39. The second-order valence-electron chi connectivity index (χ2n) is 7.84. The number of thiazole rings is 1. The third kappa shape index (κ3) is 3.50. The summed E-state index contributed by atoms with van der Waals surface area (Å²) in [4.78, 5) is 29.7. The molecule has 2 N–H and O–H groups in total. The van der Waals surface area contributed by atoms with Crippen LogP contribution in [0.1, 0.15) is 23.8 Å². The monoisotopic (exact) mass is 478 g/mol. The first kappa shape index (κ1) is 21.7. The summed E-state index contributed by atoms with van der Waals surface area (Å²) >= 11 is 1.33. The standard InChI is InChI=1S/C23H22N6O4S/c1-27-20(24)19(21(30)28(2)23(27)31)16-12-34-22(25-16)29-17(18-5-4-10-33-18)11-15(26-29)13-6-8-14(32-3)9-7-13/h4-10,12,17H,11,24H2,1-3H3/t17-/m0/s1. The largest absolute Gasteiger partial charge is 0.497 e. The van der Waals surface area contributed by atoms with E-state index in [1.54, 1.807) is 23.8 Å². The molecule has 1 aliphatic rings. The van der Waals surface area contributed by atoms with Crippen molar-refractivity contribution in [3.63, 3.8) is 0 Å². The van der Waals surface area contributed by atoms with E-state index in [1.165, 1.54) is 30.0 Å². The molecule has 174 valence electrons. The Labute approximate surface area is 198 Å². The molecular weight excluding hydrogens is 456 g/mol. The van der Waals surface area contributed by atoms with Gasteiger partial charge in [-0.1, -0.05) is 0 Å². The number of hydrogen-bond acceptors (Lipinski definition) is 9. The molecule has 4 heterocycles. The maximum Gasteiger partial charge on any atom is 0.332 e. The molecule has 5 rings (SSSR count). The van der Waals surface area contributed by atoms with Crippen LogP contribution in [0.5, 0.6) is 5.75 Å². The van der Waals surface area contributed by atoms with Crippen LogP contribution in [0.4, 0.5) is 10.9 Å². The molecule has 0 amide bonds. The third-order valence-electron chi connectivity index (χ3n) is 5.86. The van der Waals surface area contributed by atoms with Crippen molar-refractivity contribution in [3.05, 3.63) is 80.2 Å². The number of benzene rings is 1. The minimum atomic E-state index is -0.496. The Hall–Kier alpha value is -4.12. The highest BCUT2D eigenvalue weighted by molar-refractivity contribution is 7.14. The van der Waals surface area contributed by atoms with Crippen molar-refractivity contribution in [2.45, 2.75) is 12.5 Å². The number of nitrogens with zero attached hydrogens (tertiary/aromatic N) is 5. The second-order valence-corrected chi connectivity index (χ2v) is 8.67. The first-order valence-electron chi connectivity index (χ1n) is 10.4. The van der Waals surface area contributed by atoms with Crippen molar-refractivity contribution in [1.82, 2.24) is 14.1 Å². The predicted molar refractivity (Wildman–Crippen MR) is 131 cm³/mol. The Morgan fingerprint density at radius 3 is 2.59 bits per heavy atom. The molecule has 0 saturated heterocycles. The van der Waals surface area contributed by atoms with E-state index in [-0.39, 0.29) is 17.4 Å². The number of ether oxygens (including phenoxy) is 1. The zero-order valence-electron chi connectivity index (χ0n) is 18.8. The van der Waals surface area contributed by atoms with Gasteiger partial charge in [0.25, 0.3) is 5.56 Å². The van der Waals surface area contributed by atoms with Gasteiger partial charge in [0.05, 0.1) is 24.8 Å². The van der Waals surface area contributed by atoms with Gasteiger partial charge in [-0.2, -0.15) is 5.10 Å². The van der Waals surface area contributed by atoms with Crippen LogP contribution < -0.4 is 26.7 Å². The van der Waals surface area contributed by atoms with Crippen molar-refractivity contribution in [3.8, 4) is 17.0 Å². The van der Waals surface area contributed by atoms with Gasteiger partial charge in [-0.15, -0.1) is 11.3 Å². The summed E-state index contributed by atoms with van der Waals surface area (Å²) in [6.45, 7) is 0. The van der Waals surface area contributed by atoms with Crippen molar-refractivity contribution in [2.75, 3.05) is 17.9 Å². The Morgan fingerprint density at radius 1 is 1.15 bits per heavy atom. The lowest BCUT2D eigenvalue weighted by molar-refractivity contribution is 0.415. The molecule has 34 heavy (non-hydrogen) atoms. The van der Waals surface area contributed by atoms with E-state index in [9.17, 15) is 9.59 Å². The van der Waals surface area contributed by atoms with Crippen LogP contribution in [0.15, 0.2) is 67.1 Å². The van der Waals surface area contributed by atoms with Gasteiger partial charge >= 0.3 is 5.69 Å². The number of anilines is 2. The highest BCUT2D eigenvalue weighted by Gasteiger charge is 2.34. The molecule has 10 nitrogen and oxygen atoms in total. The average molecular weight is 479 g/mol. The first-order valence-corrected chi connectivity index (χ1v) is 11.3. The zero-order chi connectivity index (χ0) is 24.0. The van der Waals surface area contributed by atoms with E-state index in [0.29, 0.717) is 17.2 Å². The molecular formula is C23H22N6O4S. The van der Waals surface area contributed by atoms with Gasteiger partial charge in [-0.3, -0.25) is 13.9 Å². The highest BCUT2D eigenvalue weighted by atomic mass is 32.1. The number of aromatic nitrogens is 3. The van der Waals surface area contributed by atoms with Crippen molar-refractivity contribution in [2.24, 2.45) is 19.2 Å². The number of nitrogens with two attached hydrogens (primary N) is 1. The van der Waals surface area contributed by atoms with Gasteiger partial charge in [0.2, 0.25) is 5.13 Å².